The first-order valence-electron chi connectivity index (χ1n) is 9.11. The summed E-state index contributed by atoms with van der Waals surface area (Å²) in [5.41, 5.74) is 1.90. The Morgan fingerprint density at radius 1 is 0.964 bits per heavy atom. The van der Waals surface area contributed by atoms with Gasteiger partial charge in [0.05, 0.1) is 11.1 Å². The second-order valence-corrected chi connectivity index (χ2v) is 7.26. The molecule has 1 aromatic heterocycles. The molecule has 7 nitrogen and oxygen atoms in total. The van der Waals surface area contributed by atoms with E-state index < -0.39 is 11.2 Å². The maximum absolute atomic E-state index is 12.9. The van der Waals surface area contributed by atoms with Crippen molar-refractivity contribution in [2.75, 3.05) is 38.1 Å². The number of nitrogens with zero attached hydrogens (tertiary/aromatic N) is 2. The van der Waals surface area contributed by atoms with Crippen molar-refractivity contribution in [3.05, 3.63) is 46.1 Å². The largest absolute Gasteiger partial charge is 0.504 e. The fourth-order valence-electron chi connectivity index (χ4n) is 3.55. The minimum Gasteiger partial charge on any atom is -0.504 e. The number of anilines is 1. The third-order valence-corrected chi connectivity index (χ3v) is 5.17. The average Bonchev–Trinajstić information content (AvgIpc) is 2.67. The van der Waals surface area contributed by atoms with Gasteiger partial charge in [-0.05, 0) is 49.9 Å². The molecule has 3 N–H and O–H groups in total. The van der Waals surface area contributed by atoms with Crippen LogP contribution < -0.4 is 10.3 Å². The third-order valence-electron chi connectivity index (χ3n) is 5.17. The van der Waals surface area contributed by atoms with Crippen molar-refractivity contribution >= 4 is 16.7 Å². The van der Waals surface area contributed by atoms with Gasteiger partial charge < -0.3 is 29.5 Å². The van der Waals surface area contributed by atoms with Crippen molar-refractivity contribution < 1.29 is 19.7 Å². The fourth-order valence-corrected chi connectivity index (χ4v) is 3.55. The second-order valence-electron chi connectivity index (χ2n) is 7.26. The summed E-state index contributed by atoms with van der Waals surface area (Å²) in [7, 11) is 2.07. The molecule has 3 aromatic rings. The molecule has 146 valence electrons. The van der Waals surface area contributed by atoms with Gasteiger partial charge in [-0.1, -0.05) is 0 Å². The molecule has 0 spiro atoms. The number of fused-ring (bicyclic) bond motifs is 1. The summed E-state index contributed by atoms with van der Waals surface area (Å²) in [6.07, 6.45) is 0. The standard InChI is InChI=1S/C21H22N2O5/c1-12-9-14-18(26)19(27)20(13-3-4-16(24)17(25)11-13)28-21(14)15(10-12)23-7-5-22(2)6-8-23/h3-4,9-11,24-25,27H,5-8H2,1-2H3. The van der Waals surface area contributed by atoms with Gasteiger partial charge in [0.1, 0.15) is 0 Å². The van der Waals surface area contributed by atoms with Crippen molar-refractivity contribution in [2.45, 2.75) is 6.92 Å². The van der Waals surface area contributed by atoms with Crippen LogP contribution in [0, 0.1) is 6.92 Å². The van der Waals surface area contributed by atoms with Crippen molar-refractivity contribution in [3.8, 4) is 28.6 Å². The lowest BCUT2D eigenvalue weighted by Crippen LogP contribution is -2.44. The molecule has 2 heterocycles. The van der Waals surface area contributed by atoms with Crippen LogP contribution in [0.3, 0.4) is 0 Å². The number of likely N-dealkylation sites (N-methyl/N-ethyl adjacent to an activating group) is 1. The highest BCUT2D eigenvalue weighted by molar-refractivity contribution is 5.92. The molecule has 0 atom stereocenters. The van der Waals surface area contributed by atoms with Gasteiger partial charge in [0.2, 0.25) is 11.2 Å². The minimum atomic E-state index is -0.525. The Morgan fingerprint density at radius 3 is 2.36 bits per heavy atom. The number of aryl methyl sites for hydroxylation is 1. The number of phenolic OH excluding ortho intramolecular Hbond substituents is 2. The summed E-state index contributed by atoms with van der Waals surface area (Å²) in [5, 5.41) is 30.1. The molecular weight excluding hydrogens is 360 g/mol. The lowest BCUT2D eigenvalue weighted by molar-refractivity contribution is 0.312. The predicted molar refractivity (Wildman–Crippen MR) is 107 cm³/mol. The maximum atomic E-state index is 12.9. The van der Waals surface area contributed by atoms with Crippen LogP contribution >= 0.6 is 0 Å². The van der Waals surface area contributed by atoms with Crippen LogP contribution in [0.15, 0.2) is 39.5 Å². The second kappa shape index (κ2) is 6.76. The van der Waals surface area contributed by atoms with Crippen LogP contribution in [0.4, 0.5) is 5.69 Å². The van der Waals surface area contributed by atoms with E-state index in [1.807, 2.05) is 13.0 Å². The molecule has 1 saturated heterocycles. The first-order chi connectivity index (χ1) is 13.3. The fraction of sp³-hybridized carbons (Fsp3) is 0.286. The number of benzene rings is 2. The molecule has 1 fully saturated rings. The van der Waals surface area contributed by atoms with E-state index in [9.17, 15) is 20.1 Å². The van der Waals surface area contributed by atoms with Gasteiger partial charge in [0, 0.05) is 31.7 Å². The van der Waals surface area contributed by atoms with Gasteiger partial charge in [-0.3, -0.25) is 4.79 Å². The van der Waals surface area contributed by atoms with Crippen LogP contribution in [0.25, 0.3) is 22.3 Å². The topological polar surface area (TPSA) is 97.4 Å². The van der Waals surface area contributed by atoms with Crippen molar-refractivity contribution in [1.82, 2.24) is 4.90 Å². The van der Waals surface area contributed by atoms with Gasteiger partial charge in [-0.15, -0.1) is 0 Å². The molecule has 1 aliphatic rings. The zero-order valence-electron chi connectivity index (χ0n) is 15.8. The predicted octanol–water partition coefficient (Wildman–Crippen LogP) is 2.64. The van der Waals surface area contributed by atoms with Crippen LogP contribution in [0.1, 0.15) is 5.56 Å². The van der Waals surface area contributed by atoms with Gasteiger partial charge in [0.25, 0.3) is 0 Å². The highest BCUT2D eigenvalue weighted by atomic mass is 16.4. The van der Waals surface area contributed by atoms with E-state index in [0.717, 1.165) is 37.4 Å². The van der Waals surface area contributed by atoms with Crippen LogP contribution in [0.2, 0.25) is 0 Å². The molecule has 0 radical (unpaired) electrons. The number of piperazine rings is 1. The third kappa shape index (κ3) is 3.03. The monoisotopic (exact) mass is 382 g/mol. The average molecular weight is 382 g/mol. The molecule has 28 heavy (non-hydrogen) atoms. The molecular formula is C21H22N2O5. The van der Waals surface area contributed by atoms with Gasteiger partial charge in [0.15, 0.2) is 22.8 Å². The van der Waals surface area contributed by atoms with Gasteiger partial charge in [-0.25, -0.2) is 0 Å². The normalized spacial score (nSPS) is 15.3. The molecule has 4 rings (SSSR count). The van der Waals surface area contributed by atoms with E-state index in [1.165, 1.54) is 18.2 Å². The van der Waals surface area contributed by atoms with E-state index in [-0.39, 0.29) is 17.3 Å². The van der Waals surface area contributed by atoms with Gasteiger partial charge in [-0.2, -0.15) is 0 Å². The number of hydrogen-bond acceptors (Lipinski definition) is 7. The SMILES string of the molecule is Cc1cc(N2CCN(C)CC2)c2oc(-c3ccc(O)c(O)c3)c(O)c(=O)c2c1. The summed E-state index contributed by atoms with van der Waals surface area (Å²) in [6, 6.07) is 7.69. The van der Waals surface area contributed by atoms with Crippen molar-refractivity contribution in [2.24, 2.45) is 0 Å². The van der Waals surface area contributed by atoms with E-state index in [4.69, 9.17) is 4.42 Å². The molecule has 0 aliphatic carbocycles. The Morgan fingerprint density at radius 2 is 1.68 bits per heavy atom. The Bertz CT molecular complexity index is 1110. The molecule has 1 aliphatic heterocycles. The Kier molecular flexibility index (Phi) is 4.39. The van der Waals surface area contributed by atoms with Crippen molar-refractivity contribution in [3.63, 3.8) is 0 Å². The van der Waals surface area contributed by atoms with Crippen LogP contribution in [-0.2, 0) is 0 Å². The summed E-state index contributed by atoms with van der Waals surface area (Å²) in [5.74, 6) is -1.21. The summed E-state index contributed by atoms with van der Waals surface area (Å²) in [6.45, 7) is 5.30. The smallest absolute Gasteiger partial charge is 0.235 e. The molecule has 0 bridgehead atoms. The van der Waals surface area contributed by atoms with E-state index in [0.29, 0.717) is 16.5 Å². The van der Waals surface area contributed by atoms with Crippen LogP contribution in [0.5, 0.6) is 17.2 Å². The molecule has 7 heteroatoms. The van der Waals surface area contributed by atoms with Crippen LogP contribution in [-0.4, -0.2) is 53.4 Å². The van der Waals surface area contributed by atoms with E-state index in [1.54, 1.807) is 6.07 Å². The molecule has 0 saturated carbocycles. The number of phenols is 2. The summed E-state index contributed by atoms with van der Waals surface area (Å²) < 4.78 is 6.02. The van der Waals surface area contributed by atoms with E-state index in [2.05, 4.69) is 16.8 Å². The lowest BCUT2D eigenvalue weighted by Gasteiger charge is -2.34. The first-order valence-corrected chi connectivity index (χ1v) is 9.11. The number of aromatic hydroxyl groups is 3. The summed E-state index contributed by atoms with van der Waals surface area (Å²) in [4.78, 5) is 17.3. The quantitative estimate of drug-likeness (QED) is 0.586. The Balaban J connectivity index is 1.95. The van der Waals surface area contributed by atoms with E-state index >= 15 is 0 Å². The highest BCUT2D eigenvalue weighted by Crippen LogP contribution is 2.38. The zero-order chi connectivity index (χ0) is 20.0. The maximum Gasteiger partial charge on any atom is 0.235 e. The van der Waals surface area contributed by atoms with Gasteiger partial charge >= 0.3 is 0 Å². The number of rotatable bonds is 2. The zero-order valence-corrected chi connectivity index (χ0v) is 15.8. The Hall–Kier alpha value is -3.19. The number of hydrogen-bond donors (Lipinski definition) is 3. The minimum absolute atomic E-state index is 0.0352. The lowest BCUT2D eigenvalue weighted by atomic mass is 10.1. The Labute approximate surface area is 161 Å². The molecule has 0 unspecified atom stereocenters. The first kappa shape index (κ1) is 18.2. The summed E-state index contributed by atoms with van der Waals surface area (Å²) >= 11 is 0. The van der Waals surface area contributed by atoms with Crippen molar-refractivity contribution in [1.29, 1.82) is 0 Å². The molecule has 0 amide bonds. The molecule has 2 aromatic carbocycles. The highest BCUT2D eigenvalue weighted by Gasteiger charge is 2.23.